The zero-order valence-corrected chi connectivity index (χ0v) is 12.3. The first kappa shape index (κ1) is 15.0. The molecule has 0 aliphatic carbocycles. The molecule has 1 N–H and O–H groups in total. The summed E-state index contributed by atoms with van der Waals surface area (Å²) >= 11 is 0. The van der Waals surface area contributed by atoms with Crippen molar-refractivity contribution in [3.05, 3.63) is 35.4 Å². The molecule has 1 amide bonds. The SMILES string of the molecule is Cc1cccc(C(=O)NS(=O)(=O)C[C@H]2CCCCO2)c1. The lowest BCUT2D eigenvalue weighted by atomic mass is 10.1. The highest BCUT2D eigenvalue weighted by molar-refractivity contribution is 7.90. The van der Waals surface area contributed by atoms with E-state index in [0.29, 0.717) is 12.2 Å². The zero-order chi connectivity index (χ0) is 14.6. The summed E-state index contributed by atoms with van der Waals surface area (Å²) in [5, 5.41) is 0. The van der Waals surface area contributed by atoms with E-state index in [1.807, 2.05) is 13.0 Å². The van der Waals surface area contributed by atoms with Gasteiger partial charge >= 0.3 is 0 Å². The molecule has 6 heteroatoms. The van der Waals surface area contributed by atoms with Crippen molar-refractivity contribution < 1.29 is 17.9 Å². The van der Waals surface area contributed by atoms with Crippen LogP contribution in [0.15, 0.2) is 24.3 Å². The van der Waals surface area contributed by atoms with Gasteiger partial charge in [0, 0.05) is 12.2 Å². The molecule has 1 heterocycles. The van der Waals surface area contributed by atoms with E-state index >= 15 is 0 Å². The van der Waals surface area contributed by atoms with Gasteiger partial charge in [-0.25, -0.2) is 13.1 Å². The number of rotatable bonds is 4. The fraction of sp³-hybridized carbons (Fsp3) is 0.500. The number of hydrogen-bond donors (Lipinski definition) is 1. The van der Waals surface area contributed by atoms with Gasteiger partial charge in [-0.15, -0.1) is 0 Å². The van der Waals surface area contributed by atoms with Crippen LogP contribution < -0.4 is 4.72 Å². The number of sulfonamides is 1. The fourth-order valence-electron chi connectivity index (χ4n) is 2.21. The number of aryl methyl sites for hydroxylation is 1. The lowest BCUT2D eigenvalue weighted by Crippen LogP contribution is -2.38. The minimum Gasteiger partial charge on any atom is -0.377 e. The molecule has 1 aliphatic rings. The topological polar surface area (TPSA) is 72.5 Å². The molecule has 0 unspecified atom stereocenters. The molecule has 110 valence electrons. The molecular formula is C14H19NO4S. The Morgan fingerprint density at radius 2 is 2.20 bits per heavy atom. The Bertz CT molecular complexity index is 577. The molecule has 0 aromatic heterocycles. The van der Waals surface area contributed by atoms with E-state index in [-0.39, 0.29) is 11.9 Å². The third-order valence-electron chi connectivity index (χ3n) is 3.21. The third-order valence-corrected chi connectivity index (χ3v) is 4.51. The van der Waals surface area contributed by atoms with Crippen molar-refractivity contribution in [1.82, 2.24) is 4.72 Å². The maximum Gasteiger partial charge on any atom is 0.264 e. The van der Waals surface area contributed by atoms with E-state index in [1.165, 1.54) is 0 Å². The summed E-state index contributed by atoms with van der Waals surface area (Å²) in [5.41, 5.74) is 1.25. The Kier molecular flexibility index (Phi) is 4.77. The Morgan fingerprint density at radius 1 is 1.40 bits per heavy atom. The number of ether oxygens (including phenoxy) is 1. The van der Waals surface area contributed by atoms with Crippen molar-refractivity contribution >= 4 is 15.9 Å². The zero-order valence-electron chi connectivity index (χ0n) is 11.5. The van der Waals surface area contributed by atoms with Crippen molar-refractivity contribution in [1.29, 1.82) is 0 Å². The largest absolute Gasteiger partial charge is 0.377 e. The van der Waals surface area contributed by atoms with Crippen LogP contribution in [0.2, 0.25) is 0 Å². The normalized spacial score (nSPS) is 19.6. The van der Waals surface area contributed by atoms with Crippen molar-refractivity contribution in [2.24, 2.45) is 0 Å². The molecule has 0 spiro atoms. The summed E-state index contributed by atoms with van der Waals surface area (Å²) < 4.78 is 31.4. The summed E-state index contributed by atoms with van der Waals surface area (Å²) in [4.78, 5) is 11.9. The molecule has 1 saturated heterocycles. The lowest BCUT2D eigenvalue weighted by molar-refractivity contribution is 0.0304. The van der Waals surface area contributed by atoms with Crippen LogP contribution >= 0.6 is 0 Å². The molecule has 0 radical (unpaired) electrons. The van der Waals surface area contributed by atoms with Gasteiger partial charge in [-0.1, -0.05) is 17.7 Å². The Morgan fingerprint density at radius 3 is 2.85 bits per heavy atom. The van der Waals surface area contributed by atoms with Crippen LogP contribution in [0, 0.1) is 6.92 Å². The summed E-state index contributed by atoms with van der Waals surface area (Å²) in [6.07, 6.45) is 2.34. The summed E-state index contributed by atoms with van der Waals surface area (Å²) in [7, 11) is -3.67. The number of amides is 1. The second-order valence-electron chi connectivity index (χ2n) is 5.07. The predicted molar refractivity (Wildman–Crippen MR) is 76.0 cm³/mol. The Balaban J connectivity index is 1.98. The van der Waals surface area contributed by atoms with Crippen LogP contribution in [0.25, 0.3) is 0 Å². The highest BCUT2D eigenvalue weighted by atomic mass is 32.2. The van der Waals surface area contributed by atoms with Gasteiger partial charge in [0.1, 0.15) is 0 Å². The standard InChI is InChI=1S/C14H19NO4S/c1-11-5-4-6-12(9-11)14(16)15-20(17,18)10-13-7-2-3-8-19-13/h4-6,9,13H,2-3,7-8,10H2,1H3,(H,15,16)/t13-/m1/s1. The second kappa shape index (κ2) is 6.37. The molecule has 20 heavy (non-hydrogen) atoms. The summed E-state index contributed by atoms with van der Waals surface area (Å²) in [5.74, 6) is -0.755. The maximum atomic E-state index is 12.0. The van der Waals surface area contributed by atoms with Gasteiger partial charge in [-0.2, -0.15) is 0 Å². The van der Waals surface area contributed by atoms with E-state index in [4.69, 9.17) is 4.74 Å². The van der Waals surface area contributed by atoms with Crippen LogP contribution in [-0.2, 0) is 14.8 Å². The number of carbonyl (C=O) groups excluding carboxylic acids is 1. The minimum absolute atomic E-state index is 0.162. The first-order chi connectivity index (χ1) is 9.46. The molecule has 1 aromatic carbocycles. The maximum absolute atomic E-state index is 12.0. The molecule has 0 saturated carbocycles. The van der Waals surface area contributed by atoms with Crippen molar-refractivity contribution in [3.63, 3.8) is 0 Å². The van der Waals surface area contributed by atoms with Gasteiger partial charge < -0.3 is 4.74 Å². The fourth-order valence-corrected chi connectivity index (χ4v) is 3.45. The molecule has 1 atom stereocenters. The van der Waals surface area contributed by atoms with Crippen LogP contribution in [0.5, 0.6) is 0 Å². The van der Waals surface area contributed by atoms with E-state index in [9.17, 15) is 13.2 Å². The van der Waals surface area contributed by atoms with Crippen LogP contribution in [-0.4, -0.2) is 32.8 Å². The average Bonchev–Trinajstić information content (AvgIpc) is 2.38. The van der Waals surface area contributed by atoms with E-state index < -0.39 is 15.9 Å². The van der Waals surface area contributed by atoms with Crippen LogP contribution in [0.1, 0.15) is 35.2 Å². The lowest BCUT2D eigenvalue weighted by Gasteiger charge is -2.22. The third kappa shape index (κ3) is 4.31. The summed E-state index contributed by atoms with van der Waals surface area (Å²) in [6.45, 7) is 2.44. The van der Waals surface area contributed by atoms with E-state index in [0.717, 1.165) is 24.8 Å². The number of benzene rings is 1. The van der Waals surface area contributed by atoms with Gasteiger partial charge in [0.2, 0.25) is 10.0 Å². The average molecular weight is 297 g/mol. The van der Waals surface area contributed by atoms with Gasteiger partial charge in [-0.3, -0.25) is 4.79 Å². The molecular weight excluding hydrogens is 278 g/mol. The number of nitrogens with one attached hydrogen (secondary N) is 1. The first-order valence-corrected chi connectivity index (χ1v) is 8.34. The molecule has 1 aliphatic heterocycles. The number of carbonyl (C=O) groups is 1. The molecule has 1 aromatic rings. The van der Waals surface area contributed by atoms with Gasteiger partial charge in [0.15, 0.2) is 0 Å². The van der Waals surface area contributed by atoms with Gasteiger partial charge in [-0.05, 0) is 38.3 Å². The highest BCUT2D eigenvalue weighted by Gasteiger charge is 2.24. The monoisotopic (exact) mass is 297 g/mol. The van der Waals surface area contributed by atoms with Crippen LogP contribution in [0.3, 0.4) is 0 Å². The van der Waals surface area contributed by atoms with Crippen molar-refractivity contribution in [3.8, 4) is 0 Å². The molecule has 0 bridgehead atoms. The smallest absolute Gasteiger partial charge is 0.264 e. The Labute approximate surface area is 119 Å². The molecule has 2 rings (SSSR count). The predicted octanol–water partition coefficient (Wildman–Crippen LogP) is 1.62. The minimum atomic E-state index is -3.67. The quantitative estimate of drug-likeness (QED) is 0.916. The first-order valence-electron chi connectivity index (χ1n) is 6.69. The van der Waals surface area contributed by atoms with Gasteiger partial charge in [0.05, 0.1) is 11.9 Å². The Hall–Kier alpha value is -1.40. The highest BCUT2D eigenvalue weighted by Crippen LogP contribution is 2.14. The molecule has 5 nitrogen and oxygen atoms in total. The number of hydrogen-bond acceptors (Lipinski definition) is 4. The molecule has 1 fully saturated rings. The van der Waals surface area contributed by atoms with E-state index in [1.54, 1.807) is 18.2 Å². The van der Waals surface area contributed by atoms with Crippen LogP contribution in [0.4, 0.5) is 0 Å². The van der Waals surface area contributed by atoms with Crippen molar-refractivity contribution in [2.45, 2.75) is 32.3 Å². The summed E-state index contributed by atoms with van der Waals surface area (Å²) in [6, 6.07) is 6.82. The van der Waals surface area contributed by atoms with Gasteiger partial charge in [0.25, 0.3) is 5.91 Å². The second-order valence-corrected chi connectivity index (χ2v) is 6.84. The van der Waals surface area contributed by atoms with E-state index in [2.05, 4.69) is 4.72 Å². The van der Waals surface area contributed by atoms with Crippen molar-refractivity contribution in [2.75, 3.05) is 12.4 Å².